The summed E-state index contributed by atoms with van der Waals surface area (Å²) in [6, 6.07) is 5.39. The number of methoxy groups -OCH3 is 1. The molecule has 31 heavy (non-hydrogen) atoms. The van der Waals surface area contributed by atoms with E-state index in [2.05, 4.69) is 5.32 Å². The molecule has 0 bridgehead atoms. The minimum atomic E-state index is -0.666. The Morgan fingerprint density at radius 3 is 2.23 bits per heavy atom. The summed E-state index contributed by atoms with van der Waals surface area (Å²) in [5.41, 5.74) is 1.07. The van der Waals surface area contributed by atoms with E-state index in [1.54, 1.807) is 32.9 Å². The van der Waals surface area contributed by atoms with Crippen LogP contribution in [0.15, 0.2) is 23.7 Å². The lowest BCUT2D eigenvalue weighted by Gasteiger charge is -2.32. The second kappa shape index (κ2) is 9.05. The van der Waals surface area contributed by atoms with Crippen LogP contribution in [-0.2, 0) is 18.8 Å². The molecule has 1 aliphatic heterocycles. The topological polar surface area (TPSA) is 83.1 Å². The van der Waals surface area contributed by atoms with Gasteiger partial charge in [0, 0.05) is 6.54 Å². The number of esters is 1. The fourth-order valence-corrected chi connectivity index (χ4v) is 3.03. The van der Waals surface area contributed by atoms with Crippen molar-refractivity contribution in [1.29, 1.82) is 0 Å². The van der Waals surface area contributed by atoms with Crippen LogP contribution in [0.4, 0.5) is 4.79 Å². The molecule has 0 atom stereocenters. The number of hydrogen-bond donors (Lipinski definition) is 1. The maximum Gasteiger partial charge on any atom is 0.492 e. The van der Waals surface area contributed by atoms with Gasteiger partial charge in [0.05, 0.1) is 23.9 Å². The SMILES string of the molecule is COC(=O)c1cccc(C=C(CNC(=O)OC(C)(C)C)B2OC(C)(C)C(C)(C)O2)c1C. The molecule has 7 nitrogen and oxygen atoms in total. The number of nitrogens with one attached hydrogen (secondary N) is 1. The van der Waals surface area contributed by atoms with E-state index in [-0.39, 0.29) is 6.54 Å². The fraction of sp³-hybridized carbons (Fsp3) is 0.565. The van der Waals surface area contributed by atoms with Gasteiger partial charge in [-0.2, -0.15) is 0 Å². The first kappa shape index (κ1) is 24.9. The smallest absolute Gasteiger partial charge is 0.465 e. The van der Waals surface area contributed by atoms with E-state index in [1.165, 1.54) is 7.11 Å². The number of rotatable bonds is 5. The third-order valence-corrected chi connectivity index (χ3v) is 5.51. The number of hydrogen-bond acceptors (Lipinski definition) is 6. The monoisotopic (exact) mass is 431 g/mol. The Kier molecular flexibility index (Phi) is 7.28. The van der Waals surface area contributed by atoms with Gasteiger partial charge in [0.1, 0.15) is 5.60 Å². The van der Waals surface area contributed by atoms with Crippen molar-refractivity contribution in [3.05, 3.63) is 40.4 Å². The summed E-state index contributed by atoms with van der Waals surface area (Å²) in [4.78, 5) is 24.3. The molecule has 0 radical (unpaired) electrons. The Morgan fingerprint density at radius 1 is 1.13 bits per heavy atom. The highest BCUT2D eigenvalue weighted by Gasteiger charge is 2.52. The predicted octanol–water partition coefficient (Wildman–Crippen LogP) is 4.32. The number of benzene rings is 1. The minimum absolute atomic E-state index is 0.160. The Morgan fingerprint density at radius 2 is 1.71 bits per heavy atom. The summed E-state index contributed by atoms with van der Waals surface area (Å²) >= 11 is 0. The molecule has 0 unspecified atom stereocenters. The number of carbonyl (C=O) groups is 2. The molecule has 0 aromatic heterocycles. The van der Waals surface area contributed by atoms with Gasteiger partial charge in [0.15, 0.2) is 0 Å². The van der Waals surface area contributed by atoms with Gasteiger partial charge in [-0.3, -0.25) is 0 Å². The molecule has 1 aliphatic rings. The van der Waals surface area contributed by atoms with E-state index >= 15 is 0 Å². The average Bonchev–Trinajstić information content (AvgIpc) is 2.85. The van der Waals surface area contributed by atoms with Crippen LogP contribution in [0.2, 0.25) is 0 Å². The van der Waals surface area contributed by atoms with Crippen molar-refractivity contribution in [3.63, 3.8) is 0 Å². The van der Waals surface area contributed by atoms with Crippen LogP contribution < -0.4 is 5.32 Å². The van der Waals surface area contributed by atoms with Crippen molar-refractivity contribution in [3.8, 4) is 0 Å². The molecule has 8 heteroatoms. The Bertz CT molecular complexity index is 853. The molecule has 1 N–H and O–H groups in total. The highest BCUT2D eigenvalue weighted by Crippen LogP contribution is 2.39. The normalized spacial score (nSPS) is 18.0. The molecule has 2 rings (SSSR count). The molecule has 0 aliphatic carbocycles. The van der Waals surface area contributed by atoms with Gasteiger partial charge in [-0.05, 0) is 78.1 Å². The van der Waals surface area contributed by atoms with Crippen molar-refractivity contribution in [2.75, 3.05) is 13.7 Å². The molecule has 1 aromatic carbocycles. The molecule has 1 amide bonds. The summed E-state index contributed by atoms with van der Waals surface area (Å²) in [7, 11) is 0.686. The van der Waals surface area contributed by atoms with E-state index in [4.69, 9.17) is 18.8 Å². The molecular weight excluding hydrogens is 397 g/mol. The van der Waals surface area contributed by atoms with E-state index < -0.39 is 36.0 Å². The molecule has 1 heterocycles. The molecule has 170 valence electrons. The second-order valence-electron chi connectivity index (χ2n) is 9.67. The maximum atomic E-state index is 12.2. The molecule has 0 saturated carbocycles. The van der Waals surface area contributed by atoms with E-state index in [1.807, 2.05) is 46.8 Å². The van der Waals surface area contributed by atoms with Gasteiger partial charge in [-0.15, -0.1) is 0 Å². The van der Waals surface area contributed by atoms with Crippen LogP contribution in [-0.4, -0.2) is 49.6 Å². The first-order chi connectivity index (χ1) is 14.2. The predicted molar refractivity (Wildman–Crippen MR) is 121 cm³/mol. The summed E-state index contributed by atoms with van der Waals surface area (Å²) in [6.45, 7) is 15.3. The average molecular weight is 431 g/mol. The van der Waals surface area contributed by atoms with E-state index in [0.29, 0.717) is 11.0 Å². The summed E-state index contributed by atoms with van der Waals surface area (Å²) < 4.78 is 22.6. The van der Waals surface area contributed by atoms with Gasteiger partial charge in [-0.25, -0.2) is 9.59 Å². The fourth-order valence-electron chi connectivity index (χ4n) is 3.03. The van der Waals surface area contributed by atoms with E-state index in [9.17, 15) is 9.59 Å². The molecular formula is C23H34BNO6. The van der Waals surface area contributed by atoms with Gasteiger partial charge < -0.3 is 24.1 Å². The number of alkyl carbamates (subject to hydrolysis) is 1. The Hall–Kier alpha value is -2.32. The van der Waals surface area contributed by atoms with E-state index in [0.717, 1.165) is 11.1 Å². The lowest BCUT2D eigenvalue weighted by Crippen LogP contribution is -2.41. The molecule has 0 spiro atoms. The molecule has 1 aromatic rings. The lowest BCUT2D eigenvalue weighted by molar-refractivity contribution is 0.00578. The maximum absolute atomic E-state index is 12.2. The van der Waals surface area contributed by atoms with Crippen molar-refractivity contribution < 1.29 is 28.4 Å². The Balaban J connectivity index is 2.39. The van der Waals surface area contributed by atoms with Crippen LogP contribution in [0.1, 0.15) is 70.0 Å². The first-order valence-corrected chi connectivity index (χ1v) is 10.4. The van der Waals surface area contributed by atoms with Gasteiger partial charge >= 0.3 is 19.2 Å². The molecule has 1 fully saturated rings. The van der Waals surface area contributed by atoms with Crippen LogP contribution in [0.5, 0.6) is 0 Å². The summed E-state index contributed by atoms with van der Waals surface area (Å²) in [5, 5.41) is 2.78. The minimum Gasteiger partial charge on any atom is -0.465 e. The molecule has 1 saturated heterocycles. The zero-order chi connectivity index (χ0) is 23.6. The highest BCUT2D eigenvalue weighted by molar-refractivity contribution is 6.56. The third-order valence-electron chi connectivity index (χ3n) is 5.51. The van der Waals surface area contributed by atoms with Gasteiger partial charge in [0.25, 0.3) is 0 Å². The number of carbonyl (C=O) groups excluding carboxylic acids is 2. The Labute approximate surface area is 185 Å². The van der Waals surface area contributed by atoms with Crippen LogP contribution in [0.3, 0.4) is 0 Å². The first-order valence-electron chi connectivity index (χ1n) is 10.4. The quantitative estimate of drug-likeness (QED) is 0.552. The lowest BCUT2D eigenvalue weighted by atomic mass is 9.76. The zero-order valence-corrected chi connectivity index (χ0v) is 20.0. The second-order valence-corrected chi connectivity index (χ2v) is 9.67. The standard InChI is InChI=1S/C23H34BNO6/c1-15-16(11-10-12-18(15)19(26)28-9)13-17(14-25-20(27)29-21(2,3)4)24-30-22(5,6)23(7,8)31-24/h10-13H,14H2,1-9H3,(H,25,27). The van der Waals surface area contributed by atoms with Crippen LogP contribution in [0.25, 0.3) is 6.08 Å². The number of amides is 1. The highest BCUT2D eigenvalue weighted by atomic mass is 16.7. The largest absolute Gasteiger partial charge is 0.492 e. The van der Waals surface area contributed by atoms with Gasteiger partial charge in [-0.1, -0.05) is 18.2 Å². The third kappa shape index (κ3) is 6.11. The van der Waals surface area contributed by atoms with Crippen molar-refractivity contribution in [2.45, 2.75) is 72.2 Å². The van der Waals surface area contributed by atoms with Crippen molar-refractivity contribution >= 4 is 25.3 Å². The zero-order valence-electron chi connectivity index (χ0n) is 20.0. The van der Waals surface area contributed by atoms with Crippen LogP contribution in [0, 0.1) is 6.92 Å². The van der Waals surface area contributed by atoms with Crippen molar-refractivity contribution in [2.24, 2.45) is 0 Å². The summed E-state index contributed by atoms with van der Waals surface area (Å²) in [6.07, 6.45) is 1.34. The van der Waals surface area contributed by atoms with Gasteiger partial charge in [0.2, 0.25) is 0 Å². The van der Waals surface area contributed by atoms with Crippen LogP contribution >= 0.6 is 0 Å². The summed E-state index contributed by atoms with van der Waals surface area (Å²) in [5.74, 6) is -0.406. The van der Waals surface area contributed by atoms with Crippen molar-refractivity contribution in [1.82, 2.24) is 5.32 Å². The number of ether oxygens (including phenoxy) is 2.